The number of pyridine rings is 1. The number of hydrogen-bond acceptors (Lipinski definition) is 6. The molecule has 7 nitrogen and oxygen atoms in total. The number of carbonyl (C=O) groups is 1. The van der Waals surface area contributed by atoms with Gasteiger partial charge in [-0.1, -0.05) is 61.2 Å². The minimum Gasteiger partial charge on any atom is -0.494 e. The Kier molecular flexibility index (Phi) is 9.04. The zero-order valence-corrected chi connectivity index (χ0v) is 23.2. The number of ether oxygens (including phenoxy) is 1. The Morgan fingerprint density at radius 1 is 1.03 bits per heavy atom. The lowest BCUT2D eigenvalue weighted by Gasteiger charge is -2.16. The number of para-hydroxylation sites is 1. The molecule has 0 aliphatic heterocycles. The van der Waals surface area contributed by atoms with Crippen molar-refractivity contribution < 1.29 is 17.9 Å². The van der Waals surface area contributed by atoms with E-state index in [9.17, 15) is 13.2 Å². The van der Waals surface area contributed by atoms with E-state index >= 15 is 0 Å². The van der Waals surface area contributed by atoms with Gasteiger partial charge in [-0.2, -0.15) is 0 Å². The molecule has 4 rings (SSSR count). The predicted molar refractivity (Wildman–Crippen MR) is 153 cm³/mol. The molecule has 1 atom stereocenters. The van der Waals surface area contributed by atoms with Crippen molar-refractivity contribution in [3.8, 4) is 5.75 Å². The number of sulfonamides is 1. The van der Waals surface area contributed by atoms with E-state index in [2.05, 4.69) is 10.0 Å². The molecule has 0 spiro atoms. The van der Waals surface area contributed by atoms with Crippen molar-refractivity contribution in [2.24, 2.45) is 0 Å². The molecule has 0 aliphatic rings. The number of aryl methyl sites for hydroxylation is 1. The number of aromatic nitrogens is 1. The summed E-state index contributed by atoms with van der Waals surface area (Å²) in [5.41, 5.74) is 3.41. The highest BCUT2D eigenvalue weighted by Gasteiger charge is 2.21. The number of hydrogen-bond donors (Lipinski definition) is 2. The first kappa shape index (κ1) is 27.6. The van der Waals surface area contributed by atoms with Crippen LogP contribution in [0, 0.1) is 6.92 Å². The van der Waals surface area contributed by atoms with Crippen molar-refractivity contribution in [2.75, 3.05) is 19.0 Å². The van der Waals surface area contributed by atoms with Gasteiger partial charge in [0.05, 0.1) is 22.3 Å². The van der Waals surface area contributed by atoms with E-state index in [0.29, 0.717) is 30.8 Å². The molecule has 1 heterocycles. The number of anilines is 1. The number of amides is 1. The second-order valence-corrected chi connectivity index (χ2v) is 11.8. The molecule has 0 saturated carbocycles. The van der Waals surface area contributed by atoms with Crippen molar-refractivity contribution >= 4 is 44.3 Å². The summed E-state index contributed by atoms with van der Waals surface area (Å²) >= 11 is 1.39. The summed E-state index contributed by atoms with van der Waals surface area (Å²) in [5.74, 6) is 0.517. The SMILES string of the molecule is CCC(Sc1cc(C)c2cccc(OC)c2n1)C(=O)Nc1ccc(S(=O)(=O)NCCc2ccccc2)cc1. The molecule has 198 valence electrons. The van der Waals surface area contributed by atoms with E-state index in [4.69, 9.17) is 9.72 Å². The molecule has 1 amide bonds. The molecule has 4 aromatic rings. The summed E-state index contributed by atoms with van der Waals surface area (Å²) in [6.07, 6.45) is 1.20. The Balaban J connectivity index is 1.39. The zero-order valence-electron chi connectivity index (χ0n) is 21.6. The van der Waals surface area contributed by atoms with Crippen LogP contribution in [0.2, 0.25) is 0 Å². The molecule has 0 saturated heterocycles. The van der Waals surface area contributed by atoms with Crippen LogP contribution in [-0.2, 0) is 21.2 Å². The molecule has 1 aromatic heterocycles. The average Bonchev–Trinajstić information content (AvgIpc) is 2.92. The summed E-state index contributed by atoms with van der Waals surface area (Å²) in [6, 6.07) is 23.7. The first-order valence-corrected chi connectivity index (χ1v) is 14.7. The Morgan fingerprint density at radius 2 is 1.76 bits per heavy atom. The second-order valence-electron chi connectivity index (χ2n) is 8.80. The molecule has 3 aromatic carbocycles. The van der Waals surface area contributed by atoms with Crippen molar-refractivity contribution in [1.82, 2.24) is 9.71 Å². The van der Waals surface area contributed by atoms with Crippen LogP contribution < -0.4 is 14.8 Å². The third-order valence-electron chi connectivity index (χ3n) is 6.11. The summed E-state index contributed by atoms with van der Waals surface area (Å²) < 4.78 is 33.4. The molecule has 1 unspecified atom stereocenters. The van der Waals surface area contributed by atoms with Crippen LogP contribution in [0.25, 0.3) is 10.9 Å². The standard InChI is InChI=1S/C29H31N3O4S2/c1-4-26(37-27-19-20(2)24-11-8-12-25(36-3)28(24)32-27)29(33)31-22-13-15-23(16-14-22)38(34,35)30-18-17-21-9-6-5-7-10-21/h5-16,19,26,30H,4,17-18H2,1-3H3,(H,31,33). The van der Waals surface area contributed by atoms with Crippen LogP contribution in [0.1, 0.15) is 24.5 Å². The topological polar surface area (TPSA) is 97.4 Å². The van der Waals surface area contributed by atoms with E-state index in [1.165, 1.54) is 23.9 Å². The Hall–Kier alpha value is -3.40. The third-order valence-corrected chi connectivity index (χ3v) is 8.87. The summed E-state index contributed by atoms with van der Waals surface area (Å²) in [7, 11) is -2.03. The van der Waals surface area contributed by atoms with Crippen molar-refractivity contribution in [2.45, 2.75) is 41.9 Å². The summed E-state index contributed by atoms with van der Waals surface area (Å²) in [5, 5.41) is 4.28. The van der Waals surface area contributed by atoms with Gasteiger partial charge in [0, 0.05) is 17.6 Å². The van der Waals surface area contributed by atoms with Crippen molar-refractivity contribution in [1.29, 1.82) is 0 Å². The number of carbonyl (C=O) groups excluding carboxylic acids is 1. The van der Waals surface area contributed by atoms with E-state index in [-0.39, 0.29) is 16.1 Å². The minimum absolute atomic E-state index is 0.148. The lowest BCUT2D eigenvalue weighted by molar-refractivity contribution is -0.115. The fraction of sp³-hybridized carbons (Fsp3) is 0.241. The quantitative estimate of drug-likeness (QED) is 0.237. The van der Waals surface area contributed by atoms with Crippen LogP contribution in [0.4, 0.5) is 5.69 Å². The first-order valence-electron chi connectivity index (χ1n) is 12.4. The van der Waals surface area contributed by atoms with Gasteiger partial charge < -0.3 is 10.1 Å². The monoisotopic (exact) mass is 549 g/mol. The van der Waals surface area contributed by atoms with E-state index in [0.717, 1.165) is 27.1 Å². The van der Waals surface area contributed by atoms with Gasteiger partial charge in [0.15, 0.2) is 0 Å². The molecule has 0 radical (unpaired) electrons. The Morgan fingerprint density at radius 3 is 2.45 bits per heavy atom. The number of fused-ring (bicyclic) bond motifs is 1. The van der Waals surface area contributed by atoms with Gasteiger partial charge in [-0.05, 0) is 67.3 Å². The van der Waals surface area contributed by atoms with E-state index < -0.39 is 10.0 Å². The Bertz CT molecular complexity index is 1510. The fourth-order valence-electron chi connectivity index (χ4n) is 4.05. The average molecular weight is 550 g/mol. The molecule has 2 N–H and O–H groups in total. The van der Waals surface area contributed by atoms with Gasteiger partial charge in [-0.3, -0.25) is 4.79 Å². The van der Waals surface area contributed by atoms with Crippen molar-refractivity contribution in [3.63, 3.8) is 0 Å². The van der Waals surface area contributed by atoms with Crippen LogP contribution >= 0.6 is 11.8 Å². The van der Waals surface area contributed by atoms with Crippen LogP contribution in [-0.4, -0.2) is 38.2 Å². The lowest BCUT2D eigenvalue weighted by atomic mass is 10.1. The van der Waals surface area contributed by atoms with Gasteiger partial charge in [0.2, 0.25) is 15.9 Å². The van der Waals surface area contributed by atoms with Crippen LogP contribution in [0.15, 0.2) is 88.8 Å². The van der Waals surface area contributed by atoms with Gasteiger partial charge >= 0.3 is 0 Å². The highest BCUT2D eigenvalue weighted by molar-refractivity contribution is 8.00. The maximum absolute atomic E-state index is 13.1. The number of rotatable bonds is 11. The summed E-state index contributed by atoms with van der Waals surface area (Å²) in [6.45, 7) is 4.26. The fourth-order valence-corrected chi connectivity index (χ4v) is 6.10. The number of thioether (sulfide) groups is 1. The molecule has 9 heteroatoms. The molecule has 0 bridgehead atoms. The predicted octanol–water partition coefficient (Wildman–Crippen LogP) is 5.58. The van der Waals surface area contributed by atoms with Crippen molar-refractivity contribution in [3.05, 3.63) is 90.0 Å². The zero-order chi connectivity index (χ0) is 27.1. The maximum atomic E-state index is 13.1. The maximum Gasteiger partial charge on any atom is 0.240 e. The summed E-state index contributed by atoms with van der Waals surface area (Å²) in [4.78, 5) is 18.0. The number of nitrogens with one attached hydrogen (secondary N) is 2. The molecular formula is C29H31N3O4S2. The third kappa shape index (κ3) is 6.72. The first-order chi connectivity index (χ1) is 18.3. The number of benzene rings is 3. The minimum atomic E-state index is -3.65. The molecular weight excluding hydrogens is 518 g/mol. The van der Waals surface area contributed by atoms with Gasteiger partial charge in [0.25, 0.3) is 0 Å². The van der Waals surface area contributed by atoms with E-state index in [1.807, 2.05) is 68.4 Å². The highest BCUT2D eigenvalue weighted by atomic mass is 32.2. The normalized spacial score (nSPS) is 12.3. The molecule has 0 fully saturated rings. The number of methoxy groups -OCH3 is 1. The van der Waals surface area contributed by atoms with Crippen LogP contribution in [0.3, 0.4) is 0 Å². The smallest absolute Gasteiger partial charge is 0.240 e. The van der Waals surface area contributed by atoms with Crippen LogP contribution in [0.5, 0.6) is 5.75 Å². The van der Waals surface area contributed by atoms with Gasteiger partial charge in [-0.15, -0.1) is 0 Å². The molecule has 0 aliphatic carbocycles. The largest absolute Gasteiger partial charge is 0.494 e. The lowest BCUT2D eigenvalue weighted by Crippen LogP contribution is -2.26. The van der Waals surface area contributed by atoms with Gasteiger partial charge in [-0.25, -0.2) is 18.1 Å². The highest BCUT2D eigenvalue weighted by Crippen LogP contribution is 2.32. The van der Waals surface area contributed by atoms with Gasteiger partial charge in [0.1, 0.15) is 11.3 Å². The number of nitrogens with zero attached hydrogens (tertiary/aromatic N) is 1. The molecule has 38 heavy (non-hydrogen) atoms. The second kappa shape index (κ2) is 12.4. The Labute approximate surface area is 228 Å². The van der Waals surface area contributed by atoms with E-state index in [1.54, 1.807) is 19.2 Å².